The summed E-state index contributed by atoms with van der Waals surface area (Å²) < 4.78 is 0. The number of aromatic carboxylic acids is 1. The second-order valence-electron chi connectivity index (χ2n) is 4.22. The number of carbonyl (C=O) groups is 1. The second-order valence-corrected chi connectivity index (χ2v) is 4.22. The van der Waals surface area contributed by atoms with E-state index in [1.165, 1.54) is 0 Å². The molecule has 2 aromatic carbocycles. The molecule has 2 aromatic rings. The zero-order chi connectivity index (χ0) is 13.7. The average molecular weight is 251 g/mol. The summed E-state index contributed by atoms with van der Waals surface area (Å²) in [5.41, 5.74) is 1.90. The first-order valence-corrected chi connectivity index (χ1v) is 5.98. The fraction of sp³-hybridized carbons (Fsp3) is 0.125. The van der Waals surface area contributed by atoms with E-state index in [1.807, 2.05) is 30.3 Å². The van der Waals surface area contributed by atoms with Crippen LogP contribution in [0.25, 0.3) is 0 Å². The first kappa shape index (κ1) is 12.8. The van der Waals surface area contributed by atoms with E-state index in [1.54, 1.807) is 24.3 Å². The number of nitriles is 1. The van der Waals surface area contributed by atoms with Crippen molar-refractivity contribution in [2.45, 2.75) is 12.3 Å². The first-order valence-electron chi connectivity index (χ1n) is 5.98. The van der Waals surface area contributed by atoms with Crippen molar-refractivity contribution in [3.8, 4) is 6.07 Å². The molecule has 94 valence electrons. The Morgan fingerprint density at radius 2 is 1.74 bits per heavy atom. The Balaban J connectivity index is 2.52. The summed E-state index contributed by atoms with van der Waals surface area (Å²) in [7, 11) is 0. The predicted molar refractivity (Wildman–Crippen MR) is 71.9 cm³/mol. The summed E-state index contributed by atoms with van der Waals surface area (Å²) in [6.45, 7) is 0. The Kier molecular flexibility index (Phi) is 3.94. The maximum atomic E-state index is 11.3. The van der Waals surface area contributed by atoms with Crippen molar-refractivity contribution in [1.29, 1.82) is 5.26 Å². The lowest BCUT2D eigenvalue weighted by atomic mass is 9.86. The van der Waals surface area contributed by atoms with Gasteiger partial charge in [-0.3, -0.25) is 0 Å². The van der Waals surface area contributed by atoms with Crippen LogP contribution >= 0.6 is 0 Å². The molecule has 0 radical (unpaired) electrons. The molecule has 1 N–H and O–H groups in total. The molecule has 19 heavy (non-hydrogen) atoms. The van der Waals surface area contributed by atoms with Gasteiger partial charge < -0.3 is 5.11 Å². The van der Waals surface area contributed by atoms with Gasteiger partial charge in [-0.1, -0.05) is 48.5 Å². The van der Waals surface area contributed by atoms with Crippen LogP contribution in [0, 0.1) is 11.3 Å². The summed E-state index contributed by atoms with van der Waals surface area (Å²) in [5, 5.41) is 18.2. The largest absolute Gasteiger partial charge is 0.478 e. The van der Waals surface area contributed by atoms with Gasteiger partial charge in [-0.15, -0.1) is 0 Å². The highest BCUT2D eigenvalue weighted by molar-refractivity contribution is 5.89. The lowest BCUT2D eigenvalue weighted by Crippen LogP contribution is -2.08. The van der Waals surface area contributed by atoms with E-state index in [0.29, 0.717) is 5.56 Å². The van der Waals surface area contributed by atoms with Crippen molar-refractivity contribution < 1.29 is 9.90 Å². The number of rotatable bonds is 4. The van der Waals surface area contributed by atoms with Crippen LogP contribution in [0.1, 0.15) is 33.8 Å². The van der Waals surface area contributed by atoms with Gasteiger partial charge in [0.05, 0.1) is 11.6 Å². The van der Waals surface area contributed by atoms with Gasteiger partial charge in [0, 0.05) is 12.3 Å². The standard InChI is InChI=1S/C16H13NO2/c17-11-10-13(12-6-2-1-3-7-12)14-8-4-5-9-15(14)16(18)19/h1-9,13H,10H2,(H,18,19). The van der Waals surface area contributed by atoms with Crippen molar-refractivity contribution in [3.05, 3.63) is 71.3 Å². The van der Waals surface area contributed by atoms with Crippen LogP contribution in [0.15, 0.2) is 54.6 Å². The minimum atomic E-state index is -0.963. The number of benzene rings is 2. The third-order valence-corrected chi connectivity index (χ3v) is 3.06. The minimum Gasteiger partial charge on any atom is -0.478 e. The Morgan fingerprint density at radius 1 is 1.11 bits per heavy atom. The molecule has 0 aliphatic carbocycles. The van der Waals surface area contributed by atoms with Crippen molar-refractivity contribution >= 4 is 5.97 Å². The lowest BCUT2D eigenvalue weighted by Gasteiger charge is -2.16. The number of nitrogens with zero attached hydrogens (tertiary/aromatic N) is 1. The summed E-state index contributed by atoms with van der Waals surface area (Å²) in [6.07, 6.45) is 0.258. The highest BCUT2D eigenvalue weighted by atomic mass is 16.4. The molecule has 0 aliphatic heterocycles. The Labute approximate surface area is 111 Å². The fourth-order valence-corrected chi connectivity index (χ4v) is 2.18. The molecule has 0 aliphatic rings. The van der Waals surface area contributed by atoms with Crippen LogP contribution in [0.2, 0.25) is 0 Å². The van der Waals surface area contributed by atoms with Crippen LogP contribution in [0.5, 0.6) is 0 Å². The Hall–Kier alpha value is -2.60. The smallest absolute Gasteiger partial charge is 0.335 e. The molecule has 1 atom stereocenters. The van der Waals surface area contributed by atoms with Gasteiger partial charge in [0.15, 0.2) is 0 Å². The second kappa shape index (κ2) is 5.83. The molecule has 0 amide bonds. The van der Waals surface area contributed by atoms with Gasteiger partial charge in [-0.25, -0.2) is 4.79 Å². The fourth-order valence-electron chi connectivity index (χ4n) is 2.18. The van der Waals surface area contributed by atoms with E-state index in [4.69, 9.17) is 5.26 Å². The predicted octanol–water partition coefficient (Wildman–Crippen LogP) is 3.43. The molecule has 3 nitrogen and oxygen atoms in total. The summed E-state index contributed by atoms with van der Waals surface area (Å²) in [6, 6.07) is 18.5. The molecule has 0 spiro atoms. The van der Waals surface area contributed by atoms with Crippen LogP contribution in [0.3, 0.4) is 0 Å². The van der Waals surface area contributed by atoms with Crippen molar-refractivity contribution in [1.82, 2.24) is 0 Å². The zero-order valence-corrected chi connectivity index (χ0v) is 10.3. The lowest BCUT2D eigenvalue weighted by molar-refractivity contribution is 0.0695. The summed E-state index contributed by atoms with van der Waals surface area (Å²) in [5.74, 6) is -1.17. The molecule has 3 heteroatoms. The molecule has 0 saturated heterocycles. The molecule has 1 unspecified atom stereocenters. The van der Waals surface area contributed by atoms with Crippen LogP contribution in [0.4, 0.5) is 0 Å². The van der Waals surface area contributed by atoms with Gasteiger partial charge in [0.2, 0.25) is 0 Å². The van der Waals surface area contributed by atoms with Gasteiger partial charge in [0.1, 0.15) is 0 Å². The van der Waals surface area contributed by atoms with Gasteiger partial charge in [-0.2, -0.15) is 5.26 Å². The van der Waals surface area contributed by atoms with Crippen molar-refractivity contribution in [2.24, 2.45) is 0 Å². The van der Waals surface area contributed by atoms with Crippen molar-refractivity contribution in [2.75, 3.05) is 0 Å². The van der Waals surface area contributed by atoms with Gasteiger partial charge in [0.25, 0.3) is 0 Å². The molecule has 0 fully saturated rings. The number of carboxylic acid groups (broad SMARTS) is 1. The van der Waals surface area contributed by atoms with Crippen LogP contribution < -0.4 is 0 Å². The van der Waals surface area contributed by atoms with E-state index in [0.717, 1.165) is 5.56 Å². The maximum absolute atomic E-state index is 11.3. The minimum absolute atomic E-state index is 0.210. The summed E-state index contributed by atoms with van der Waals surface area (Å²) >= 11 is 0. The third kappa shape index (κ3) is 2.80. The Morgan fingerprint density at radius 3 is 2.37 bits per heavy atom. The highest BCUT2D eigenvalue weighted by Gasteiger charge is 2.19. The van der Waals surface area contributed by atoms with Crippen LogP contribution in [-0.2, 0) is 0 Å². The normalized spacial score (nSPS) is 11.5. The molecule has 0 aromatic heterocycles. The molecular formula is C16H13NO2. The third-order valence-electron chi connectivity index (χ3n) is 3.06. The topological polar surface area (TPSA) is 61.1 Å². The van der Waals surface area contributed by atoms with E-state index >= 15 is 0 Å². The zero-order valence-electron chi connectivity index (χ0n) is 10.3. The molecule has 0 saturated carbocycles. The van der Waals surface area contributed by atoms with Crippen LogP contribution in [-0.4, -0.2) is 11.1 Å². The summed E-state index contributed by atoms with van der Waals surface area (Å²) in [4.78, 5) is 11.3. The Bertz CT molecular complexity index is 614. The van der Waals surface area contributed by atoms with E-state index in [-0.39, 0.29) is 17.9 Å². The number of carboxylic acids is 1. The number of hydrogen-bond acceptors (Lipinski definition) is 2. The maximum Gasteiger partial charge on any atom is 0.335 e. The molecule has 0 heterocycles. The highest BCUT2D eigenvalue weighted by Crippen LogP contribution is 2.30. The van der Waals surface area contributed by atoms with E-state index in [2.05, 4.69) is 6.07 Å². The van der Waals surface area contributed by atoms with E-state index in [9.17, 15) is 9.90 Å². The molecule has 2 rings (SSSR count). The quantitative estimate of drug-likeness (QED) is 0.905. The van der Waals surface area contributed by atoms with Gasteiger partial charge in [-0.05, 0) is 17.2 Å². The van der Waals surface area contributed by atoms with Gasteiger partial charge >= 0.3 is 5.97 Å². The average Bonchev–Trinajstić information content (AvgIpc) is 2.45. The van der Waals surface area contributed by atoms with E-state index < -0.39 is 5.97 Å². The molecular weight excluding hydrogens is 238 g/mol. The van der Waals surface area contributed by atoms with Crippen molar-refractivity contribution in [3.63, 3.8) is 0 Å². The number of hydrogen-bond donors (Lipinski definition) is 1. The SMILES string of the molecule is N#CCC(c1ccccc1)c1ccccc1C(=O)O. The molecule has 0 bridgehead atoms. The first-order chi connectivity index (χ1) is 9.24. The monoisotopic (exact) mass is 251 g/mol.